The van der Waals surface area contributed by atoms with Crippen molar-refractivity contribution in [2.45, 2.75) is 38.7 Å². The molecule has 70 valence electrons. The number of ether oxygens (including phenoxy) is 1. The third-order valence-electron chi connectivity index (χ3n) is 2.04. The molecule has 0 unspecified atom stereocenters. The average Bonchev–Trinajstić information content (AvgIpc) is 2.45. The van der Waals surface area contributed by atoms with Gasteiger partial charge in [0.1, 0.15) is 0 Å². The second-order valence-electron chi connectivity index (χ2n) is 3.21. The predicted octanol–water partition coefficient (Wildman–Crippen LogP) is 1.08. The van der Waals surface area contributed by atoms with Gasteiger partial charge in [-0.1, -0.05) is 19.8 Å². The van der Waals surface area contributed by atoms with Gasteiger partial charge in [-0.05, 0) is 6.42 Å². The summed E-state index contributed by atoms with van der Waals surface area (Å²) >= 11 is 0. The fourth-order valence-electron chi connectivity index (χ4n) is 1.30. The largest absolute Gasteiger partial charge is 0.376 e. The highest BCUT2D eigenvalue weighted by Gasteiger charge is 2.21. The Morgan fingerprint density at radius 1 is 1.58 bits per heavy atom. The molecule has 1 fully saturated rings. The maximum Gasteiger partial charge on any atom is 0.222 e. The van der Waals surface area contributed by atoms with Gasteiger partial charge in [-0.3, -0.25) is 4.79 Å². The van der Waals surface area contributed by atoms with Crippen molar-refractivity contribution in [2.75, 3.05) is 13.2 Å². The number of unbranched alkanes of at least 4 members (excludes halogenated alkanes) is 2. The van der Waals surface area contributed by atoms with Crippen LogP contribution in [0.3, 0.4) is 0 Å². The Kier molecular flexibility index (Phi) is 4.08. The van der Waals surface area contributed by atoms with Gasteiger partial charge in [0.05, 0.1) is 12.5 Å². The minimum Gasteiger partial charge on any atom is -0.376 e. The number of amides is 1. The summed E-state index contributed by atoms with van der Waals surface area (Å²) < 4.78 is 5.49. The fraction of sp³-hybridized carbons (Fsp3) is 0.889. The van der Waals surface area contributed by atoms with E-state index in [0.717, 1.165) is 13.0 Å². The molecule has 0 spiro atoms. The van der Waals surface area contributed by atoms with Crippen LogP contribution in [0.25, 0.3) is 0 Å². The lowest BCUT2D eigenvalue weighted by Gasteiger charge is -2.08. The first kappa shape index (κ1) is 9.52. The van der Waals surface area contributed by atoms with Crippen LogP contribution in [0.5, 0.6) is 0 Å². The van der Waals surface area contributed by atoms with Gasteiger partial charge in [-0.15, -0.1) is 0 Å². The summed E-state index contributed by atoms with van der Waals surface area (Å²) in [6.07, 6.45) is 4.22. The number of hydrogen-bond donors (Lipinski definition) is 1. The molecule has 1 heterocycles. The standard InChI is InChI=1S/C9H17NO2/c1-2-3-4-5-12-8-6-9(11)10-7-8/h8H,2-7H2,1H3,(H,10,11)/t8-/m1/s1. The molecule has 0 saturated carbocycles. The summed E-state index contributed by atoms with van der Waals surface area (Å²) in [5.74, 6) is 0.121. The molecule has 1 rings (SSSR count). The lowest BCUT2D eigenvalue weighted by molar-refractivity contribution is -0.119. The quantitative estimate of drug-likeness (QED) is 0.629. The first-order valence-electron chi connectivity index (χ1n) is 4.71. The summed E-state index contributed by atoms with van der Waals surface area (Å²) in [5, 5.41) is 2.75. The van der Waals surface area contributed by atoms with Gasteiger partial charge in [0.2, 0.25) is 5.91 Å². The molecule has 0 aromatic heterocycles. The Hall–Kier alpha value is -0.570. The van der Waals surface area contributed by atoms with Crippen LogP contribution in [0.2, 0.25) is 0 Å². The molecule has 3 heteroatoms. The number of hydrogen-bond acceptors (Lipinski definition) is 2. The molecule has 3 nitrogen and oxygen atoms in total. The van der Waals surface area contributed by atoms with Crippen molar-refractivity contribution in [1.82, 2.24) is 5.32 Å². The summed E-state index contributed by atoms with van der Waals surface area (Å²) in [5.41, 5.74) is 0. The zero-order chi connectivity index (χ0) is 8.81. The zero-order valence-electron chi connectivity index (χ0n) is 7.64. The summed E-state index contributed by atoms with van der Waals surface area (Å²) in [6, 6.07) is 0. The maximum absolute atomic E-state index is 10.8. The zero-order valence-corrected chi connectivity index (χ0v) is 7.64. The number of nitrogens with one attached hydrogen (secondary N) is 1. The molecule has 1 atom stereocenters. The Labute approximate surface area is 73.5 Å². The maximum atomic E-state index is 10.8. The summed E-state index contributed by atoms with van der Waals surface area (Å²) in [6.45, 7) is 3.67. The van der Waals surface area contributed by atoms with Gasteiger partial charge < -0.3 is 10.1 Å². The second kappa shape index (κ2) is 5.14. The van der Waals surface area contributed by atoms with E-state index in [1.165, 1.54) is 12.8 Å². The molecule has 1 amide bonds. The van der Waals surface area contributed by atoms with Crippen LogP contribution in [0, 0.1) is 0 Å². The normalized spacial score (nSPS) is 22.8. The molecule has 1 N–H and O–H groups in total. The van der Waals surface area contributed by atoms with E-state index in [9.17, 15) is 4.79 Å². The van der Waals surface area contributed by atoms with Gasteiger partial charge in [-0.25, -0.2) is 0 Å². The van der Waals surface area contributed by atoms with Gasteiger partial charge in [0.25, 0.3) is 0 Å². The highest BCUT2D eigenvalue weighted by atomic mass is 16.5. The van der Waals surface area contributed by atoms with E-state index in [1.54, 1.807) is 0 Å². The Morgan fingerprint density at radius 3 is 3.00 bits per heavy atom. The van der Waals surface area contributed by atoms with Gasteiger partial charge in [0.15, 0.2) is 0 Å². The molecule has 1 aliphatic rings. The molecule has 0 radical (unpaired) electrons. The highest BCUT2D eigenvalue weighted by Crippen LogP contribution is 2.05. The van der Waals surface area contributed by atoms with Crippen molar-refractivity contribution in [3.63, 3.8) is 0 Å². The SMILES string of the molecule is CCCCCO[C@H]1CNC(=O)C1. The molecule has 0 bridgehead atoms. The monoisotopic (exact) mass is 171 g/mol. The minimum absolute atomic E-state index is 0.121. The topological polar surface area (TPSA) is 38.3 Å². The molecule has 0 aliphatic carbocycles. The highest BCUT2D eigenvalue weighted by molar-refractivity contribution is 5.78. The van der Waals surface area contributed by atoms with E-state index < -0.39 is 0 Å². The first-order valence-corrected chi connectivity index (χ1v) is 4.71. The van der Waals surface area contributed by atoms with E-state index in [0.29, 0.717) is 13.0 Å². The number of carbonyl (C=O) groups is 1. The van der Waals surface area contributed by atoms with Crippen molar-refractivity contribution in [2.24, 2.45) is 0 Å². The first-order chi connectivity index (χ1) is 5.83. The van der Waals surface area contributed by atoms with Gasteiger partial charge in [0, 0.05) is 13.2 Å². The Balaban J connectivity index is 1.97. The lowest BCUT2D eigenvalue weighted by atomic mass is 10.2. The molecule has 0 aromatic rings. The number of carbonyl (C=O) groups excluding carboxylic acids is 1. The minimum atomic E-state index is 0.121. The van der Waals surface area contributed by atoms with Crippen LogP contribution in [0.4, 0.5) is 0 Å². The van der Waals surface area contributed by atoms with E-state index in [1.807, 2.05) is 0 Å². The van der Waals surface area contributed by atoms with Crippen LogP contribution >= 0.6 is 0 Å². The van der Waals surface area contributed by atoms with Crippen molar-refractivity contribution >= 4 is 5.91 Å². The molecular weight excluding hydrogens is 154 g/mol. The van der Waals surface area contributed by atoms with E-state index in [-0.39, 0.29) is 12.0 Å². The van der Waals surface area contributed by atoms with Crippen LogP contribution in [0.1, 0.15) is 32.6 Å². The van der Waals surface area contributed by atoms with Crippen molar-refractivity contribution in [3.8, 4) is 0 Å². The van der Waals surface area contributed by atoms with Crippen LogP contribution in [-0.2, 0) is 9.53 Å². The molecule has 1 aliphatic heterocycles. The lowest BCUT2D eigenvalue weighted by Crippen LogP contribution is -2.18. The second-order valence-corrected chi connectivity index (χ2v) is 3.21. The van der Waals surface area contributed by atoms with Crippen LogP contribution in [-0.4, -0.2) is 25.2 Å². The summed E-state index contributed by atoms with van der Waals surface area (Å²) in [4.78, 5) is 10.8. The van der Waals surface area contributed by atoms with Gasteiger partial charge in [-0.2, -0.15) is 0 Å². The van der Waals surface area contributed by atoms with E-state index >= 15 is 0 Å². The van der Waals surface area contributed by atoms with E-state index in [2.05, 4.69) is 12.2 Å². The predicted molar refractivity (Wildman–Crippen MR) is 46.9 cm³/mol. The van der Waals surface area contributed by atoms with Crippen LogP contribution < -0.4 is 5.32 Å². The molecule has 12 heavy (non-hydrogen) atoms. The van der Waals surface area contributed by atoms with Gasteiger partial charge >= 0.3 is 0 Å². The fourth-order valence-corrected chi connectivity index (χ4v) is 1.30. The van der Waals surface area contributed by atoms with Crippen LogP contribution in [0.15, 0.2) is 0 Å². The van der Waals surface area contributed by atoms with Crippen molar-refractivity contribution in [1.29, 1.82) is 0 Å². The van der Waals surface area contributed by atoms with E-state index in [4.69, 9.17) is 4.74 Å². The average molecular weight is 171 g/mol. The molecule has 1 saturated heterocycles. The number of rotatable bonds is 5. The Bertz CT molecular complexity index is 147. The third kappa shape index (κ3) is 3.22. The summed E-state index contributed by atoms with van der Waals surface area (Å²) in [7, 11) is 0. The van der Waals surface area contributed by atoms with Crippen molar-refractivity contribution in [3.05, 3.63) is 0 Å². The smallest absolute Gasteiger partial charge is 0.222 e. The molecular formula is C9H17NO2. The molecule has 0 aromatic carbocycles. The Morgan fingerprint density at radius 2 is 2.42 bits per heavy atom. The van der Waals surface area contributed by atoms with Crippen molar-refractivity contribution < 1.29 is 9.53 Å². The third-order valence-corrected chi connectivity index (χ3v) is 2.04.